The first-order valence-electron chi connectivity index (χ1n) is 23.6. The molecule has 0 aliphatic rings. The first kappa shape index (κ1) is 56.5. The van der Waals surface area contributed by atoms with Gasteiger partial charge in [0.25, 0.3) is 0 Å². The molecule has 0 bridgehead atoms. The second-order valence-electron chi connectivity index (χ2n) is 16.6. The summed E-state index contributed by atoms with van der Waals surface area (Å²) >= 11 is 0. The molecule has 8 heteroatoms. The van der Waals surface area contributed by atoms with Crippen LogP contribution in [-0.2, 0) is 28.6 Å². The normalized spacial score (nSPS) is 13.7. The standard InChI is InChI=1S/C52H87NO7/c1-6-8-10-12-14-16-18-20-22-24-25-26-27-29-31-33-35-37-39-41-43-51(55)60-48(46-58-45-44-49(52(56)57)53(3,4)5)47-59-50(54)42-40-38-36-34-32-30-28-23-21-19-17-15-13-11-9-7-2/h8-11,14-17,20-23,25-26,48-49H,6-7,12-13,18-19,24,27-47H2,1-5H3/p+1/b10-8+,11-9+,16-14+,17-15+,22-20+,23-21+,26-25+. The highest BCUT2D eigenvalue weighted by atomic mass is 16.6. The lowest BCUT2D eigenvalue weighted by molar-refractivity contribution is -0.887. The molecule has 60 heavy (non-hydrogen) atoms. The maximum atomic E-state index is 12.8. The summed E-state index contributed by atoms with van der Waals surface area (Å²) in [5.74, 6) is -1.51. The first-order valence-corrected chi connectivity index (χ1v) is 23.6. The van der Waals surface area contributed by atoms with Crippen LogP contribution in [0.15, 0.2) is 85.1 Å². The SMILES string of the molecule is CC/C=C/C/C=C/C/C=C/C/C=C/CCCCCCCCCC(=O)OC(COCCC(C(=O)O)[N+](C)(C)C)COC(=O)CCCCCCCC/C=C/C/C=C/C/C=C/CC. The number of hydrogen-bond donors (Lipinski definition) is 1. The minimum atomic E-state index is -0.882. The van der Waals surface area contributed by atoms with Crippen LogP contribution in [0.3, 0.4) is 0 Å². The van der Waals surface area contributed by atoms with Crippen molar-refractivity contribution in [3.8, 4) is 0 Å². The largest absolute Gasteiger partial charge is 0.477 e. The Hall–Kier alpha value is -3.49. The van der Waals surface area contributed by atoms with Crippen LogP contribution in [0.2, 0.25) is 0 Å². The van der Waals surface area contributed by atoms with Gasteiger partial charge >= 0.3 is 17.9 Å². The lowest BCUT2D eigenvalue weighted by atomic mass is 10.1. The molecule has 0 rings (SSSR count). The van der Waals surface area contributed by atoms with E-state index in [2.05, 4.69) is 98.9 Å². The molecular weight excluding hydrogens is 751 g/mol. The molecule has 0 aromatic rings. The molecular formula is C52H88NO7+. The lowest BCUT2D eigenvalue weighted by Crippen LogP contribution is -2.50. The number of rotatable bonds is 41. The molecule has 0 fully saturated rings. The number of aliphatic carboxylic acids is 1. The molecule has 2 atom stereocenters. The van der Waals surface area contributed by atoms with E-state index in [4.69, 9.17) is 14.2 Å². The van der Waals surface area contributed by atoms with E-state index < -0.39 is 18.1 Å². The third kappa shape index (κ3) is 39.9. The maximum Gasteiger partial charge on any atom is 0.362 e. The Bertz CT molecular complexity index is 1250. The second kappa shape index (κ2) is 42.2. The van der Waals surface area contributed by atoms with Gasteiger partial charge < -0.3 is 23.8 Å². The number of carboxylic acid groups (broad SMARTS) is 1. The van der Waals surface area contributed by atoms with Gasteiger partial charge in [0.15, 0.2) is 12.1 Å². The zero-order chi connectivity index (χ0) is 44.2. The molecule has 342 valence electrons. The molecule has 1 N–H and O–H groups in total. The summed E-state index contributed by atoms with van der Waals surface area (Å²) in [5.41, 5.74) is 0. The zero-order valence-electron chi connectivity index (χ0n) is 38.9. The molecule has 0 spiro atoms. The first-order chi connectivity index (χ1) is 29.1. The summed E-state index contributed by atoms with van der Waals surface area (Å²) in [6.45, 7) is 4.48. The van der Waals surface area contributed by atoms with Crippen molar-refractivity contribution in [2.75, 3.05) is 41.0 Å². The van der Waals surface area contributed by atoms with Crippen molar-refractivity contribution in [3.63, 3.8) is 0 Å². The highest BCUT2D eigenvalue weighted by Gasteiger charge is 2.31. The van der Waals surface area contributed by atoms with Gasteiger partial charge in [0, 0.05) is 19.3 Å². The molecule has 0 saturated carbocycles. The van der Waals surface area contributed by atoms with E-state index in [1.165, 1.54) is 32.1 Å². The Morgan fingerprint density at radius 1 is 0.500 bits per heavy atom. The maximum absolute atomic E-state index is 12.8. The van der Waals surface area contributed by atoms with E-state index in [1.807, 2.05) is 21.1 Å². The summed E-state index contributed by atoms with van der Waals surface area (Å²) in [6.07, 6.45) is 54.8. The highest BCUT2D eigenvalue weighted by Crippen LogP contribution is 2.14. The third-order valence-corrected chi connectivity index (χ3v) is 10.0. The number of carbonyl (C=O) groups is 3. The summed E-state index contributed by atoms with van der Waals surface area (Å²) in [6, 6.07) is -0.623. The van der Waals surface area contributed by atoms with Gasteiger partial charge in [-0.1, -0.05) is 157 Å². The Morgan fingerprint density at radius 2 is 0.883 bits per heavy atom. The smallest absolute Gasteiger partial charge is 0.362 e. The Labute approximate surface area is 367 Å². The number of quaternary nitrogens is 1. The third-order valence-electron chi connectivity index (χ3n) is 10.0. The zero-order valence-corrected chi connectivity index (χ0v) is 38.9. The van der Waals surface area contributed by atoms with Crippen LogP contribution in [0.1, 0.15) is 174 Å². The quantitative estimate of drug-likeness (QED) is 0.0283. The molecule has 8 nitrogen and oxygen atoms in total. The fourth-order valence-corrected chi connectivity index (χ4v) is 6.45. The van der Waals surface area contributed by atoms with Crippen LogP contribution in [0.5, 0.6) is 0 Å². The van der Waals surface area contributed by atoms with Crippen LogP contribution in [0, 0.1) is 0 Å². The van der Waals surface area contributed by atoms with Crippen molar-refractivity contribution in [2.24, 2.45) is 0 Å². The molecule has 0 aliphatic carbocycles. The van der Waals surface area contributed by atoms with Crippen LogP contribution < -0.4 is 0 Å². The van der Waals surface area contributed by atoms with Gasteiger partial charge in [-0.05, 0) is 83.5 Å². The van der Waals surface area contributed by atoms with Crippen LogP contribution in [-0.4, -0.2) is 80.6 Å². The predicted octanol–water partition coefficient (Wildman–Crippen LogP) is 13.3. The monoisotopic (exact) mass is 839 g/mol. The number of esters is 2. The lowest BCUT2D eigenvalue weighted by Gasteiger charge is -2.31. The van der Waals surface area contributed by atoms with Crippen LogP contribution >= 0.6 is 0 Å². The fraction of sp³-hybridized carbons (Fsp3) is 0.673. The van der Waals surface area contributed by atoms with Gasteiger partial charge in [0.05, 0.1) is 34.4 Å². The van der Waals surface area contributed by atoms with Gasteiger partial charge in [-0.3, -0.25) is 9.59 Å². The molecule has 0 amide bonds. The molecule has 0 saturated heterocycles. The molecule has 2 unspecified atom stereocenters. The van der Waals surface area contributed by atoms with Crippen LogP contribution in [0.25, 0.3) is 0 Å². The van der Waals surface area contributed by atoms with Gasteiger partial charge in [-0.2, -0.15) is 0 Å². The van der Waals surface area contributed by atoms with Gasteiger partial charge in [0.2, 0.25) is 0 Å². The average molecular weight is 839 g/mol. The van der Waals surface area contributed by atoms with Crippen molar-refractivity contribution in [2.45, 2.75) is 187 Å². The Morgan fingerprint density at radius 3 is 1.30 bits per heavy atom. The van der Waals surface area contributed by atoms with Gasteiger partial charge in [-0.25, -0.2) is 4.79 Å². The van der Waals surface area contributed by atoms with Crippen molar-refractivity contribution in [1.82, 2.24) is 0 Å². The number of hydrogen-bond acceptors (Lipinski definition) is 6. The number of unbranched alkanes of at least 4 members (excludes halogenated alkanes) is 13. The van der Waals surface area contributed by atoms with Crippen molar-refractivity contribution < 1.29 is 38.2 Å². The van der Waals surface area contributed by atoms with Crippen molar-refractivity contribution in [1.29, 1.82) is 0 Å². The molecule has 0 aromatic carbocycles. The summed E-state index contributed by atoms with van der Waals surface area (Å²) < 4.78 is 17.3. The highest BCUT2D eigenvalue weighted by molar-refractivity contribution is 5.72. The van der Waals surface area contributed by atoms with E-state index in [0.717, 1.165) is 109 Å². The van der Waals surface area contributed by atoms with E-state index in [1.54, 1.807) is 0 Å². The van der Waals surface area contributed by atoms with Crippen LogP contribution in [0.4, 0.5) is 0 Å². The predicted molar refractivity (Wildman–Crippen MR) is 252 cm³/mol. The van der Waals surface area contributed by atoms with E-state index in [9.17, 15) is 19.5 Å². The fourth-order valence-electron chi connectivity index (χ4n) is 6.45. The van der Waals surface area contributed by atoms with E-state index in [-0.39, 0.29) is 36.2 Å². The number of likely N-dealkylation sites (N-methyl/N-ethyl adjacent to an activating group) is 1. The Kier molecular flexibility index (Phi) is 39.8. The minimum Gasteiger partial charge on any atom is -0.477 e. The van der Waals surface area contributed by atoms with Crippen molar-refractivity contribution in [3.05, 3.63) is 85.1 Å². The van der Waals surface area contributed by atoms with E-state index in [0.29, 0.717) is 19.3 Å². The number of carboxylic acids is 1. The summed E-state index contributed by atoms with van der Waals surface area (Å²) in [4.78, 5) is 37.1. The number of ether oxygens (including phenoxy) is 3. The van der Waals surface area contributed by atoms with Gasteiger partial charge in [-0.15, -0.1) is 0 Å². The minimum absolute atomic E-state index is 0.0476. The topological polar surface area (TPSA) is 99.1 Å². The second-order valence-corrected chi connectivity index (χ2v) is 16.6. The number of nitrogens with zero attached hydrogens (tertiary/aromatic N) is 1. The Balaban J connectivity index is 4.35. The summed E-state index contributed by atoms with van der Waals surface area (Å²) in [7, 11) is 5.51. The molecule has 0 aromatic heterocycles. The van der Waals surface area contributed by atoms with Gasteiger partial charge in [0.1, 0.15) is 6.61 Å². The molecule has 0 radical (unpaired) electrons. The van der Waals surface area contributed by atoms with E-state index >= 15 is 0 Å². The number of carbonyl (C=O) groups excluding carboxylic acids is 2. The summed E-state index contributed by atoms with van der Waals surface area (Å²) in [5, 5.41) is 9.64. The molecule has 0 aliphatic heterocycles. The van der Waals surface area contributed by atoms with Crippen molar-refractivity contribution >= 4 is 17.9 Å². The number of allylic oxidation sites excluding steroid dienone is 14. The molecule has 0 heterocycles. The average Bonchev–Trinajstić information content (AvgIpc) is 3.21.